The third-order valence-corrected chi connectivity index (χ3v) is 4.87. The molecule has 0 aliphatic rings. The first-order chi connectivity index (χ1) is 12.3. The molecule has 0 spiro atoms. The Morgan fingerprint density at radius 2 is 1.96 bits per heavy atom. The Kier molecular flexibility index (Phi) is 7.11. The Balaban J connectivity index is 1.79. The van der Waals surface area contributed by atoms with E-state index in [9.17, 15) is 13.2 Å². The zero-order chi connectivity index (χ0) is 19.0. The van der Waals surface area contributed by atoms with Crippen molar-refractivity contribution in [1.29, 1.82) is 0 Å². The summed E-state index contributed by atoms with van der Waals surface area (Å²) in [6.45, 7) is 2.43. The monoisotopic (exact) mass is 377 g/mol. The van der Waals surface area contributed by atoms with Gasteiger partial charge in [-0.15, -0.1) is 0 Å². The number of aromatic nitrogens is 1. The number of ether oxygens (including phenoxy) is 1. The van der Waals surface area contributed by atoms with Crippen molar-refractivity contribution in [3.63, 3.8) is 0 Å². The number of rotatable bonds is 9. The fourth-order valence-corrected chi connectivity index (χ4v) is 3.02. The maximum absolute atomic E-state index is 11.9. The number of carbonyl (C=O) groups is 1. The topological polar surface area (TPSA) is 88.6 Å². The standard InChI is InChI=1S/C18H23N3O4S/c1-15-5-7-17(8-6-15)25-14-18(22)20-10-11-21(26(2,23)24)13-16-4-3-9-19-12-16/h3-9,12H,10-11,13-14H2,1-2H3,(H,20,22). The van der Waals surface area contributed by atoms with Crippen LogP contribution in [0.25, 0.3) is 0 Å². The SMILES string of the molecule is Cc1ccc(OCC(=O)NCCN(Cc2cccnc2)S(C)(=O)=O)cc1. The maximum Gasteiger partial charge on any atom is 0.257 e. The van der Waals surface area contributed by atoms with Crippen LogP contribution in [-0.2, 0) is 21.4 Å². The minimum absolute atomic E-state index is 0.120. The summed E-state index contributed by atoms with van der Waals surface area (Å²) in [6.07, 6.45) is 4.39. The summed E-state index contributed by atoms with van der Waals surface area (Å²) in [5.41, 5.74) is 1.89. The summed E-state index contributed by atoms with van der Waals surface area (Å²) in [6, 6.07) is 10.9. The number of sulfonamides is 1. The minimum Gasteiger partial charge on any atom is -0.484 e. The molecule has 1 N–H and O–H groups in total. The molecule has 0 radical (unpaired) electrons. The van der Waals surface area contributed by atoms with Crippen molar-refractivity contribution in [2.24, 2.45) is 0 Å². The lowest BCUT2D eigenvalue weighted by Gasteiger charge is -2.20. The van der Waals surface area contributed by atoms with E-state index in [4.69, 9.17) is 4.74 Å². The van der Waals surface area contributed by atoms with Crippen LogP contribution in [0.1, 0.15) is 11.1 Å². The number of benzene rings is 1. The van der Waals surface area contributed by atoms with Crippen molar-refractivity contribution in [1.82, 2.24) is 14.6 Å². The van der Waals surface area contributed by atoms with Crippen LogP contribution in [0.4, 0.5) is 0 Å². The molecule has 0 saturated heterocycles. The van der Waals surface area contributed by atoms with E-state index < -0.39 is 10.0 Å². The third-order valence-electron chi connectivity index (χ3n) is 3.63. The smallest absolute Gasteiger partial charge is 0.257 e. The number of amides is 1. The molecule has 0 atom stereocenters. The van der Waals surface area contributed by atoms with Gasteiger partial charge in [0.15, 0.2) is 6.61 Å². The van der Waals surface area contributed by atoms with E-state index in [1.165, 1.54) is 4.31 Å². The summed E-state index contributed by atoms with van der Waals surface area (Å²) in [5.74, 6) is 0.306. The molecular weight excluding hydrogens is 354 g/mol. The van der Waals surface area contributed by atoms with Crippen LogP contribution in [0.15, 0.2) is 48.8 Å². The Bertz CT molecular complexity index is 808. The van der Waals surface area contributed by atoms with Crippen LogP contribution in [0.2, 0.25) is 0 Å². The first-order valence-electron chi connectivity index (χ1n) is 8.15. The Labute approximate surface area is 154 Å². The molecular formula is C18H23N3O4S. The summed E-state index contributed by atoms with van der Waals surface area (Å²) >= 11 is 0. The van der Waals surface area contributed by atoms with Crippen molar-refractivity contribution < 1.29 is 17.9 Å². The number of nitrogens with zero attached hydrogens (tertiary/aromatic N) is 2. The Hall–Kier alpha value is -2.45. The first kappa shape index (κ1) is 19.9. The van der Waals surface area contributed by atoms with Crippen LogP contribution in [-0.4, -0.2) is 49.6 Å². The van der Waals surface area contributed by atoms with Gasteiger partial charge >= 0.3 is 0 Å². The van der Waals surface area contributed by atoms with Gasteiger partial charge in [-0.1, -0.05) is 23.8 Å². The van der Waals surface area contributed by atoms with Crippen LogP contribution >= 0.6 is 0 Å². The summed E-state index contributed by atoms with van der Waals surface area (Å²) in [4.78, 5) is 15.8. The average Bonchev–Trinajstić information content (AvgIpc) is 2.60. The van der Waals surface area contributed by atoms with E-state index >= 15 is 0 Å². The average molecular weight is 377 g/mol. The van der Waals surface area contributed by atoms with E-state index in [2.05, 4.69) is 10.3 Å². The number of nitrogens with one attached hydrogen (secondary N) is 1. The second-order valence-electron chi connectivity index (χ2n) is 5.91. The largest absolute Gasteiger partial charge is 0.484 e. The predicted octanol–water partition coefficient (Wildman–Crippen LogP) is 1.35. The molecule has 0 unspecified atom stereocenters. The van der Waals surface area contributed by atoms with Gasteiger partial charge in [-0.2, -0.15) is 4.31 Å². The lowest BCUT2D eigenvalue weighted by atomic mass is 10.2. The summed E-state index contributed by atoms with van der Waals surface area (Å²) in [5, 5.41) is 2.67. The molecule has 1 amide bonds. The molecule has 140 valence electrons. The van der Waals surface area contributed by atoms with Crippen molar-refractivity contribution in [3.05, 3.63) is 59.9 Å². The molecule has 1 heterocycles. The molecule has 2 rings (SSSR count). The van der Waals surface area contributed by atoms with E-state index in [-0.39, 0.29) is 32.1 Å². The van der Waals surface area contributed by atoms with Gasteiger partial charge in [0.1, 0.15) is 5.75 Å². The molecule has 1 aromatic heterocycles. The molecule has 0 saturated carbocycles. The third kappa shape index (κ3) is 6.81. The Morgan fingerprint density at radius 1 is 1.23 bits per heavy atom. The normalized spacial score (nSPS) is 11.3. The molecule has 26 heavy (non-hydrogen) atoms. The maximum atomic E-state index is 11.9. The van der Waals surface area contributed by atoms with Crippen LogP contribution in [0, 0.1) is 6.92 Å². The molecule has 7 nitrogen and oxygen atoms in total. The molecule has 0 aliphatic carbocycles. The molecule has 0 bridgehead atoms. The van der Waals surface area contributed by atoms with Crippen molar-refractivity contribution in [3.8, 4) is 5.75 Å². The highest BCUT2D eigenvalue weighted by Gasteiger charge is 2.17. The zero-order valence-electron chi connectivity index (χ0n) is 14.9. The number of hydrogen-bond donors (Lipinski definition) is 1. The fourth-order valence-electron chi connectivity index (χ4n) is 2.21. The number of aryl methyl sites for hydroxylation is 1. The van der Waals surface area contributed by atoms with Gasteiger partial charge in [-0.3, -0.25) is 9.78 Å². The van der Waals surface area contributed by atoms with E-state index in [0.29, 0.717) is 5.75 Å². The summed E-state index contributed by atoms with van der Waals surface area (Å²) in [7, 11) is -3.40. The molecule has 0 fully saturated rings. The summed E-state index contributed by atoms with van der Waals surface area (Å²) < 4.78 is 30.5. The van der Waals surface area contributed by atoms with Gasteiger partial charge in [-0.05, 0) is 30.7 Å². The fraction of sp³-hybridized carbons (Fsp3) is 0.333. The van der Waals surface area contributed by atoms with Gasteiger partial charge in [0.05, 0.1) is 6.26 Å². The first-order valence-corrected chi connectivity index (χ1v) is 9.99. The lowest BCUT2D eigenvalue weighted by Crippen LogP contribution is -2.39. The number of hydrogen-bond acceptors (Lipinski definition) is 5. The highest BCUT2D eigenvalue weighted by Crippen LogP contribution is 2.11. The van der Waals surface area contributed by atoms with Gasteiger partial charge in [0, 0.05) is 32.0 Å². The number of carbonyl (C=O) groups excluding carboxylic acids is 1. The van der Waals surface area contributed by atoms with E-state index in [1.807, 2.05) is 19.1 Å². The van der Waals surface area contributed by atoms with Crippen LogP contribution in [0.3, 0.4) is 0 Å². The van der Waals surface area contributed by atoms with E-state index in [1.54, 1.807) is 36.7 Å². The quantitative estimate of drug-likeness (QED) is 0.713. The highest BCUT2D eigenvalue weighted by molar-refractivity contribution is 7.88. The molecule has 1 aromatic carbocycles. The molecule has 0 aliphatic heterocycles. The second-order valence-corrected chi connectivity index (χ2v) is 7.89. The second kappa shape index (κ2) is 9.30. The van der Waals surface area contributed by atoms with Gasteiger partial charge < -0.3 is 10.1 Å². The van der Waals surface area contributed by atoms with Gasteiger partial charge in [0.2, 0.25) is 10.0 Å². The molecule has 2 aromatic rings. The predicted molar refractivity (Wildman–Crippen MR) is 99.2 cm³/mol. The van der Waals surface area contributed by atoms with Gasteiger partial charge in [0.25, 0.3) is 5.91 Å². The minimum atomic E-state index is -3.40. The van der Waals surface area contributed by atoms with Gasteiger partial charge in [-0.25, -0.2) is 8.42 Å². The zero-order valence-corrected chi connectivity index (χ0v) is 15.7. The Morgan fingerprint density at radius 3 is 2.58 bits per heavy atom. The van der Waals surface area contributed by atoms with Crippen molar-refractivity contribution >= 4 is 15.9 Å². The highest BCUT2D eigenvalue weighted by atomic mass is 32.2. The lowest BCUT2D eigenvalue weighted by molar-refractivity contribution is -0.123. The number of pyridine rings is 1. The van der Waals surface area contributed by atoms with Crippen molar-refractivity contribution in [2.45, 2.75) is 13.5 Å². The van der Waals surface area contributed by atoms with E-state index in [0.717, 1.165) is 17.4 Å². The van der Waals surface area contributed by atoms with Crippen LogP contribution in [0.5, 0.6) is 5.75 Å². The van der Waals surface area contributed by atoms with Crippen molar-refractivity contribution in [2.75, 3.05) is 26.0 Å². The molecule has 8 heteroatoms. The van der Waals surface area contributed by atoms with Crippen LogP contribution < -0.4 is 10.1 Å².